The van der Waals surface area contributed by atoms with E-state index in [1.807, 2.05) is 12.2 Å². The molecule has 1 aromatic carbocycles. The smallest absolute Gasteiger partial charge is 0.315 e. The molecule has 25 heavy (non-hydrogen) atoms. The third-order valence-corrected chi connectivity index (χ3v) is 5.42. The first-order chi connectivity index (χ1) is 12.1. The number of nitrogens with one attached hydrogen (secondary N) is 2. The predicted octanol–water partition coefficient (Wildman–Crippen LogP) is 2.28. The zero-order chi connectivity index (χ0) is 17.7. The minimum atomic E-state index is -0.147. The molecule has 0 saturated carbocycles. The highest BCUT2D eigenvalue weighted by molar-refractivity contribution is 5.74. The Morgan fingerprint density at radius 1 is 1.24 bits per heavy atom. The summed E-state index contributed by atoms with van der Waals surface area (Å²) >= 11 is 0. The van der Waals surface area contributed by atoms with E-state index in [1.54, 1.807) is 0 Å². The van der Waals surface area contributed by atoms with Crippen molar-refractivity contribution in [1.29, 1.82) is 0 Å². The zero-order valence-electron chi connectivity index (χ0n) is 14.8. The van der Waals surface area contributed by atoms with Crippen molar-refractivity contribution in [2.45, 2.75) is 37.6 Å². The fourth-order valence-electron chi connectivity index (χ4n) is 3.72. The molecule has 3 N–H and O–H groups in total. The normalized spacial score (nSPS) is 24.9. The lowest BCUT2D eigenvalue weighted by Gasteiger charge is -2.38. The van der Waals surface area contributed by atoms with E-state index in [4.69, 9.17) is 4.74 Å². The van der Waals surface area contributed by atoms with Crippen LogP contribution in [0.15, 0.2) is 36.4 Å². The number of ether oxygens (including phenoxy) is 1. The van der Waals surface area contributed by atoms with Gasteiger partial charge in [0, 0.05) is 43.7 Å². The van der Waals surface area contributed by atoms with Gasteiger partial charge in [-0.25, -0.2) is 4.79 Å². The molecule has 1 heterocycles. The number of aliphatic hydroxyl groups is 1. The van der Waals surface area contributed by atoms with Gasteiger partial charge in [-0.1, -0.05) is 42.0 Å². The van der Waals surface area contributed by atoms with Gasteiger partial charge in [0.1, 0.15) is 0 Å². The highest BCUT2D eigenvalue weighted by Gasteiger charge is 2.35. The largest absolute Gasteiger partial charge is 0.396 e. The summed E-state index contributed by atoms with van der Waals surface area (Å²) in [5.41, 5.74) is 2.44. The average Bonchev–Trinajstić information content (AvgIpc) is 3.09. The Bertz CT molecular complexity index is 606. The Balaban J connectivity index is 1.60. The monoisotopic (exact) mass is 344 g/mol. The van der Waals surface area contributed by atoms with E-state index in [2.05, 4.69) is 41.8 Å². The average molecular weight is 344 g/mol. The van der Waals surface area contributed by atoms with Gasteiger partial charge in [0.2, 0.25) is 0 Å². The molecule has 5 nitrogen and oxygen atoms in total. The van der Waals surface area contributed by atoms with Gasteiger partial charge in [-0.15, -0.1) is 0 Å². The fourth-order valence-corrected chi connectivity index (χ4v) is 3.72. The molecule has 2 amide bonds. The van der Waals surface area contributed by atoms with E-state index in [9.17, 15) is 9.90 Å². The van der Waals surface area contributed by atoms with Crippen molar-refractivity contribution in [3.05, 3.63) is 47.5 Å². The summed E-state index contributed by atoms with van der Waals surface area (Å²) in [6, 6.07) is 8.46. The fraction of sp³-hybridized carbons (Fsp3) is 0.550. The van der Waals surface area contributed by atoms with Crippen LogP contribution in [0.5, 0.6) is 0 Å². The second-order valence-electron chi connectivity index (χ2n) is 7.26. The number of amides is 2. The second-order valence-corrected chi connectivity index (χ2v) is 7.26. The van der Waals surface area contributed by atoms with E-state index in [0.717, 1.165) is 32.5 Å². The van der Waals surface area contributed by atoms with Crippen molar-refractivity contribution in [2.24, 2.45) is 5.92 Å². The molecule has 3 rings (SSSR count). The van der Waals surface area contributed by atoms with Gasteiger partial charge in [-0.3, -0.25) is 0 Å². The highest BCUT2D eigenvalue weighted by Crippen LogP contribution is 2.34. The molecule has 2 aliphatic rings. The third kappa shape index (κ3) is 4.41. The molecule has 136 valence electrons. The summed E-state index contributed by atoms with van der Waals surface area (Å²) in [5.74, 6) is 0.152. The number of hydrogen-bond donors (Lipinski definition) is 3. The summed E-state index contributed by atoms with van der Waals surface area (Å²) in [6.07, 6.45) is 6.52. The minimum absolute atomic E-state index is 0.00200. The lowest BCUT2D eigenvalue weighted by Crippen LogP contribution is -2.49. The van der Waals surface area contributed by atoms with Crippen LogP contribution in [0.3, 0.4) is 0 Å². The maximum Gasteiger partial charge on any atom is 0.315 e. The summed E-state index contributed by atoms with van der Waals surface area (Å²) < 4.78 is 5.55. The number of benzene rings is 1. The topological polar surface area (TPSA) is 70.6 Å². The van der Waals surface area contributed by atoms with Crippen LogP contribution in [-0.4, -0.2) is 43.5 Å². The van der Waals surface area contributed by atoms with E-state index in [0.29, 0.717) is 6.54 Å². The van der Waals surface area contributed by atoms with Crippen LogP contribution in [0, 0.1) is 12.8 Å². The van der Waals surface area contributed by atoms with Gasteiger partial charge < -0.3 is 20.5 Å². The van der Waals surface area contributed by atoms with Gasteiger partial charge in [-0.05, 0) is 31.7 Å². The maximum absolute atomic E-state index is 12.3. The Kier molecular flexibility index (Phi) is 5.76. The first-order valence-electron chi connectivity index (χ1n) is 9.10. The number of carbonyl (C=O) groups is 1. The molecule has 1 saturated heterocycles. The van der Waals surface area contributed by atoms with Gasteiger partial charge in [-0.2, -0.15) is 0 Å². The Morgan fingerprint density at radius 2 is 1.96 bits per heavy atom. The standard InChI is InChI=1S/C20H28N2O3/c1-15-2-5-17(6-3-15)20(8-10-25-11-9-20)14-21-19(24)22-18-7-4-16(12-18)13-23/h2-7,16,18,23H,8-14H2,1H3,(H2,21,22,24)/t16-,18+/m0/s1. The summed E-state index contributed by atoms with van der Waals surface area (Å²) in [7, 11) is 0. The summed E-state index contributed by atoms with van der Waals surface area (Å²) in [5, 5.41) is 15.2. The predicted molar refractivity (Wildman–Crippen MR) is 97.6 cm³/mol. The number of aliphatic hydroxyl groups excluding tert-OH is 1. The molecule has 1 aliphatic heterocycles. The van der Waals surface area contributed by atoms with Crippen molar-refractivity contribution in [1.82, 2.24) is 10.6 Å². The van der Waals surface area contributed by atoms with Crippen molar-refractivity contribution in [3.8, 4) is 0 Å². The van der Waals surface area contributed by atoms with Crippen molar-refractivity contribution in [2.75, 3.05) is 26.4 Å². The van der Waals surface area contributed by atoms with Crippen LogP contribution in [0.2, 0.25) is 0 Å². The van der Waals surface area contributed by atoms with Crippen LogP contribution < -0.4 is 10.6 Å². The SMILES string of the molecule is Cc1ccc(C2(CNC(=O)N[C@@H]3C=C[C@H](CO)C3)CCOCC2)cc1. The molecule has 0 bridgehead atoms. The van der Waals surface area contributed by atoms with Gasteiger partial charge in [0.25, 0.3) is 0 Å². The first-order valence-corrected chi connectivity index (χ1v) is 9.10. The van der Waals surface area contributed by atoms with Crippen LogP contribution in [0.4, 0.5) is 4.79 Å². The molecular weight excluding hydrogens is 316 g/mol. The lowest BCUT2D eigenvalue weighted by atomic mass is 9.74. The Morgan fingerprint density at radius 3 is 2.60 bits per heavy atom. The molecule has 1 aromatic rings. The Hall–Kier alpha value is -1.85. The number of urea groups is 1. The first kappa shape index (κ1) is 18.0. The van der Waals surface area contributed by atoms with Gasteiger partial charge in [0.15, 0.2) is 0 Å². The quantitative estimate of drug-likeness (QED) is 0.718. The molecule has 0 spiro atoms. The molecule has 1 fully saturated rings. The number of hydrogen-bond acceptors (Lipinski definition) is 3. The molecule has 1 aliphatic carbocycles. The van der Waals surface area contributed by atoms with Gasteiger partial charge >= 0.3 is 6.03 Å². The molecule has 0 unspecified atom stereocenters. The van der Waals surface area contributed by atoms with Gasteiger partial charge in [0.05, 0.1) is 0 Å². The zero-order valence-corrected chi connectivity index (χ0v) is 14.8. The van der Waals surface area contributed by atoms with Crippen LogP contribution in [-0.2, 0) is 10.2 Å². The van der Waals surface area contributed by atoms with E-state index in [1.165, 1.54) is 11.1 Å². The maximum atomic E-state index is 12.3. The van der Waals surface area contributed by atoms with Crippen molar-refractivity contribution in [3.63, 3.8) is 0 Å². The molecular formula is C20H28N2O3. The van der Waals surface area contributed by atoms with Crippen LogP contribution in [0.1, 0.15) is 30.4 Å². The third-order valence-electron chi connectivity index (χ3n) is 5.42. The number of carbonyl (C=O) groups excluding carboxylic acids is 1. The second kappa shape index (κ2) is 8.02. The van der Waals surface area contributed by atoms with E-state index in [-0.39, 0.29) is 30.0 Å². The molecule has 0 radical (unpaired) electrons. The van der Waals surface area contributed by atoms with Crippen molar-refractivity contribution < 1.29 is 14.6 Å². The lowest BCUT2D eigenvalue weighted by molar-refractivity contribution is 0.0506. The molecule has 5 heteroatoms. The van der Waals surface area contributed by atoms with E-state index >= 15 is 0 Å². The summed E-state index contributed by atoms with van der Waals surface area (Å²) in [4.78, 5) is 12.3. The molecule has 0 aromatic heterocycles. The van der Waals surface area contributed by atoms with Crippen molar-refractivity contribution >= 4 is 6.03 Å². The van der Waals surface area contributed by atoms with Crippen LogP contribution >= 0.6 is 0 Å². The Labute approximate surface area is 149 Å². The minimum Gasteiger partial charge on any atom is -0.396 e. The molecule has 2 atom stereocenters. The van der Waals surface area contributed by atoms with E-state index < -0.39 is 0 Å². The number of rotatable bonds is 5. The summed E-state index contributed by atoms with van der Waals surface area (Å²) in [6.45, 7) is 4.26. The highest BCUT2D eigenvalue weighted by atomic mass is 16.5. The number of aryl methyl sites for hydroxylation is 1. The van der Waals surface area contributed by atoms with Crippen LogP contribution in [0.25, 0.3) is 0 Å².